The second-order valence-corrected chi connectivity index (χ2v) is 6.17. The summed E-state index contributed by atoms with van der Waals surface area (Å²) in [6, 6.07) is 13.3. The Labute approximate surface area is 160 Å². The number of hydrogen-bond acceptors (Lipinski definition) is 4. The van der Waals surface area contributed by atoms with Crippen LogP contribution in [0.2, 0.25) is 0 Å². The molecule has 0 aliphatic carbocycles. The van der Waals surface area contributed by atoms with Gasteiger partial charge in [0, 0.05) is 6.20 Å². The maximum absolute atomic E-state index is 12.5. The van der Waals surface area contributed by atoms with Crippen molar-refractivity contribution in [1.82, 2.24) is 9.78 Å². The van der Waals surface area contributed by atoms with E-state index in [1.165, 1.54) is 28.9 Å². The Bertz CT molecular complexity index is 953. The molecule has 1 aromatic heterocycles. The van der Waals surface area contributed by atoms with Crippen LogP contribution < -0.4 is 14.8 Å². The Morgan fingerprint density at radius 1 is 1.14 bits per heavy atom. The number of anilines is 1. The molecule has 0 atom stereocenters. The lowest BCUT2D eigenvalue weighted by Crippen LogP contribution is -2.15. The van der Waals surface area contributed by atoms with Gasteiger partial charge < -0.3 is 14.8 Å². The third-order valence-electron chi connectivity index (χ3n) is 3.78. The number of aryl methyl sites for hydroxylation is 2. The number of hydrogen-bond donors (Lipinski definition) is 1. The summed E-state index contributed by atoms with van der Waals surface area (Å²) in [6.07, 6.45) is 1.60. The predicted octanol–water partition coefficient (Wildman–Crippen LogP) is 4.39. The van der Waals surface area contributed by atoms with Crippen LogP contribution in [-0.4, -0.2) is 22.3 Å². The van der Waals surface area contributed by atoms with Crippen LogP contribution in [0.5, 0.6) is 11.5 Å². The number of nitrogens with zero attached hydrogens (tertiary/aromatic N) is 2. The molecule has 0 saturated carbocycles. The van der Waals surface area contributed by atoms with Crippen LogP contribution in [0.15, 0.2) is 54.7 Å². The molecular formula is C20H19F2N3O3. The summed E-state index contributed by atoms with van der Waals surface area (Å²) in [5.41, 5.74) is 2.42. The normalized spacial score (nSPS) is 10.8. The highest BCUT2D eigenvalue weighted by atomic mass is 19.3. The van der Waals surface area contributed by atoms with E-state index in [0.717, 1.165) is 11.1 Å². The predicted molar refractivity (Wildman–Crippen MR) is 99.8 cm³/mol. The van der Waals surface area contributed by atoms with Gasteiger partial charge in [0.25, 0.3) is 5.91 Å². The van der Waals surface area contributed by atoms with Crippen molar-refractivity contribution < 1.29 is 23.0 Å². The first-order chi connectivity index (χ1) is 13.4. The monoisotopic (exact) mass is 387 g/mol. The average Bonchev–Trinajstić information content (AvgIpc) is 3.10. The zero-order chi connectivity index (χ0) is 20.1. The van der Waals surface area contributed by atoms with Crippen molar-refractivity contribution in [3.05, 3.63) is 71.5 Å². The summed E-state index contributed by atoms with van der Waals surface area (Å²) in [5.74, 6) is 0.0379. The topological polar surface area (TPSA) is 65.4 Å². The summed E-state index contributed by atoms with van der Waals surface area (Å²) < 4.78 is 36.5. The molecule has 0 unspecified atom stereocenters. The van der Waals surface area contributed by atoms with Gasteiger partial charge >= 0.3 is 6.61 Å². The van der Waals surface area contributed by atoms with Crippen molar-refractivity contribution in [1.29, 1.82) is 0 Å². The van der Waals surface area contributed by atoms with Crippen molar-refractivity contribution >= 4 is 11.6 Å². The summed E-state index contributed by atoms with van der Waals surface area (Å²) in [6.45, 7) is 1.10. The molecule has 0 aliphatic heterocycles. The Morgan fingerprint density at radius 2 is 1.86 bits per heavy atom. The average molecular weight is 387 g/mol. The molecule has 1 N–H and O–H groups in total. The summed E-state index contributed by atoms with van der Waals surface area (Å²) >= 11 is 0. The van der Waals surface area contributed by atoms with Crippen molar-refractivity contribution in [2.75, 3.05) is 5.32 Å². The number of benzene rings is 2. The molecule has 2 aromatic carbocycles. The second-order valence-electron chi connectivity index (χ2n) is 6.17. The van der Waals surface area contributed by atoms with Gasteiger partial charge in [-0.25, -0.2) is 4.68 Å². The Morgan fingerprint density at radius 3 is 2.57 bits per heavy atom. The maximum atomic E-state index is 12.5. The first kappa shape index (κ1) is 19.3. The third-order valence-corrected chi connectivity index (χ3v) is 3.78. The quantitative estimate of drug-likeness (QED) is 0.653. The number of aromatic nitrogens is 2. The lowest BCUT2D eigenvalue weighted by molar-refractivity contribution is -0.0493. The van der Waals surface area contributed by atoms with Crippen LogP contribution in [0.1, 0.15) is 21.6 Å². The van der Waals surface area contributed by atoms with Gasteiger partial charge in [0.15, 0.2) is 12.4 Å². The van der Waals surface area contributed by atoms with Crippen molar-refractivity contribution in [3.63, 3.8) is 0 Å². The molecule has 1 heterocycles. The minimum Gasteiger partial charge on any atom is -0.471 e. The Kier molecular flexibility index (Phi) is 5.88. The van der Waals surface area contributed by atoms with E-state index in [9.17, 15) is 13.6 Å². The van der Waals surface area contributed by atoms with E-state index in [0.29, 0.717) is 5.75 Å². The molecule has 28 heavy (non-hydrogen) atoms. The first-order valence-corrected chi connectivity index (χ1v) is 8.50. The van der Waals surface area contributed by atoms with Crippen LogP contribution in [-0.2, 0) is 6.73 Å². The molecule has 0 radical (unpaired) electrons. The van der Waals surface area contributed by atoms with Crippen LogP contribution in [0.4, 0.5) is 14.5 Å². The maximum Gasteiger partial charge on any atom is 0.387 e. The molecule has 3 aromatic rings. The minimum absolute atomic E-state index is 0.121. The van der Waals surface area contributed by atoms with Crippen LogP contribution in [0, 0.1) is 13.8 Å². The summed E-state index contributed by atoms with van der Waals surface area (Å²) in [4.78, 5) is 12.4. The van der Waals surface area contributed by atoms with E-state index in [1.807, 2.05) is 32.0 Å². The van der Waals surface area contributed by atoms with Gasteiger partial charge in [-0.3, -0.25) is 4.79 Å². The molecule has 0 aliphatic rings. The van der Waals surface area contributed by atoms with Crippen LogP contribution >= 0.6 is 0 Å². The number of carbonyl (C=O) groups excluding carboxylic acids is 1. The molecule has 0 saturated heterocycles. The van der Waals surface area contributed by atoms with Crippen LogP contribution in [0.25, 0.3) is 0 Å². The molecule has 3 rings (SSSR count). The fraction of sp³-hybridized carbons (Fsp3) is 0.200. The lowest BCUT2D eigenvalue weighted by Gasteiger charge is -2.11. The fourth-order valence-corrected chi connectivity index (χ4v) is 2.67. The van der Waals surface area contributed by atoms with Crippen molar-refractivity contribution in [2.24, 2.45) is 0 Å². The SMILES string of the molecule is Cc1cc(C)cc(OCn2ccc(C(=O)Nc3ccccc3OC(F)F)n2)c1. The highest BCUT2D eigenvalue weighted by Crippen LogP contribution is 2.25. The number of carbonyl (C=O) groups is 1. The molecule has 146 valence electrons. The minimum atomic E-state index is -2.99. The second kappa shape index (κ2) is 8.51. The van der Waals surface area contributed by atoms with Crippen molar-refractivity contribution in [3.8, 4) is 11.5 Å². The molecule has 0 spiro atoms. The smallest absolute Gasteiger partial charge is 0.387 e. The van der Waals surface area contributed by atoms with E-state index in [4.69, 9.17) is 4.74 Å². The highest BCUT2D eigenvalue weighted by molar-refractivity contribution is 6.03. The van der Waals surface area contributed by atoms with Gasteiger partial charge in [0.05, 0.1) is 5.69 Å². The van der Waals surface area contributed by atoms with Gasteiger partial charge in [-0.1, -0.05) is 18.2 Å². The molecular weight excluding hydrogens is 368 g/mol. The number of rotatable bonds is 7. The number of ether oxygens (including phenoxy) is 2. The standard InChI is InChI=1S/C20H19F2N3O3/c1-13-9-14(2)11-15(10-13)27-12-25-8-7-17(24-25)19(26)23-16-5-3-4-6-18(16)28-20(21)22/h3-11,20H,12H2,1-2H3,(H,23,26). The van der Waals surface area contributed by atoms with E-state index in [-0.39, 0.29) is 23.9 Å². The van der Waals surface area contributed by atoms with Crippen LogP contribution in [0.3, 0.4) is 0 Å². The van der Waals surface area contributed by atoms with Gasteiger partial charge in [0.1, 0.15) is 11.5 Å². The highest BCUT2D eigenvalue weighted by Gasteiger charge is 2.14. The van der Waals surface area contributed by atoms with Gasteiger partial charge in [-0.15, -0.1) is 0 Å². The molecule has 8 heteroatoms. The Hall–Kier alpha value is -3.42. The molecule has 0 fully saturated rings. The first-order valence-electron chi connectivity index (χ1n) is 8.50. The molecule has 6 nitrogen and oxygen atoms in total. The molecule has 1 amide bonds. The van der Waals surface area contributed by atoms with E-state index in [1.54, 1.807) is 12.3 Å². The zero-order valence-corrected chi connectivity index (χ0v) is 15.4. The zero-order valence-electron chi connectivity index (χ0n) is 15.4. The third kappa shape index (κ3) is 5.06. The number of amides is 1. The van der Waals surface area contributed by atoms with Crippen molar-refractivity contribution in [2.45, 2.75) is 27.2 Å². The summed E-state index contributed by atoms with van der Waals surface area (Å²) in [5, 5.41) is 6.67. The Balaban J connectivity index is 1.64. The van der Waals surface area contributed by atoms with E-state index < -0.39 is 12.5 Å². The van der Waals surface area contributed by atoms with Gasteiger partial charge in [-0.2, -0.15) is 13.9 Å². The van der Waals surface area contributed by atoms with E-state index in [2.05, 4.69) is 15.2 Å². The van der Waals surface area contributed by atoms with Gasteiger partial charge in [0.2, 0.25) is 0 Å². The number of nitrogens with one attached hydrogen (secondary N) is 1. The lowest BCUT2D eigenvalue weighted by atomic mass is 10.1. The number of alkyl halides is 2. The largest absolute Gasteiger partial charge is 0.471 e. The van der Waals surface area contributed by atoms with Gasteiger partial charge in [-0.05, 0) is 55.3 Å². The summed E-state index contributed by atoms with van der Waals surface area (Å²) in [7, 11) is 0. The fourth-order valence-electron chi connectivity index (χ4n) is 2.67. The molecule has 0 bridgehead atoms. The number of para-hydroxylation sites is 2. The van der Waals surface area contributed by atoms with E-state index >= 15 is 0 Å². The number of halogens is 2.